The average molecular weight is 300 g/mol. The van der Waals surface area contributed by atoms with E-state index >= 15 is 0 Å². The topological polar surface area (TPSA) is 92.4 Å². The van der Waals surface area contributed by atoms with Gasteiger partial charge in [-0.05, 0) is 18.3 Å². The van der Waals surface area contributed by atoms with E-state index in [1.165, 1.54) is 0 Å². The summed E-state index contributed by atoms with van der Waals surface area (Å²) >= 11 is 0. The zero-order chi connectivity index (χ0) is 13.6. The van der Waals surface area contributed by atoms with Crippen molar-refractivity contribution in [2.24, 2.45) is 17.6 Å². The van der Waals surface area contributed by atoms with Gasteiger partial charge in [0.2, 0.25) is 5.91 Å². The third kappa shape index (κ3) is 6.99. The van der Waals surface area contributed by atoms with E-state index in [-0.39, 0.29) is 34.8 Å². The average Bonchev–Trinajstić information content (AvgIpc) is 2.25. The maximum atomic E-state index is 11.7. The molecule has 18 heavy (non-hydrogen) atoms. The fourth-order valence-electron chi connectivity index (χ4n) is 1.47. The molecule has 0 bridgehead atoms. The van der Waals surface area contributed by atoms with Crippen molar-refractivity contribution in [3.8, 4) is 0 Å². The number of carbonyl (C=O) groups excluding carboxylic acids is 1. The van der Waals surface area contributed by atoms with E-state index in [1.54, 1.807) is 0 Å². The first kappa shape index (κ1) is 19.8. The Balaban J connectivity index is 0. The number of hydrogen-bond donors (Lipinski definition) is 3. The smallest absolute Gasteiger partial charge is 0.326 e. The Bertz CT molecular complexity index is 272. The van der Waals surface area contributed by atoms with E-state index in [0.29, 0.717) is 6.42 Å². The fraction of sp³-hybridized carbons (Fsp3) is 0.833. The first-order valence-corrected chi connectivity index (χ1v) is 6.08. The summed E-state index contributed by atoms with van der Waals surface area (Å²) in [6, 6.07) is -1.49. The largest absolute Gasteiger partial charge is 0.480 e. The second-order valence-corrected chi connectivity index (χ2v) is 4.94. The van der Waals surface area contributed by atoms with Crippen LogP contribution in [-0.4, -0.2) is 29.1 Å². The molecular weight excluding hydrogens is 276 g/mol. The zero-order valence-electron chi connectivity index (χ0n) is 11.4. The second-order valence-electron chi connectivity index (χ2n) is 4.94. The van der Waals surface area contributed by atoms with E-state index in [1.807, 2.05) is 27.7 Å². The van der Waals surface area contributed by atoms with Crippen molar-refractivity contribution in [2.75, 3.05) is 0 Å². The van der Waals surface area contributed by atoms with Gasteiger partial charge in [0.25, 0.3) is 0 Å². The Morgan fingerprint density at radius 2 is 1.78 bits per heavy atom. The van der Waals surface area contributed by atoms with E-state index in [2.05, 4.69) is 5.32 Å². The van der Waals surface area contributed by atoms with Crippen LogP contribution >= 0.6 is 0 Å². The van der Waals surface area contributed by atoms with Crippen LogP contribution in [0.1, 0.15) is 40.5 Å². The maximum Gasteiger partial charge on any atom is 0.326 e. The molecule has 0 saturated heterocycles. The quantitative estimate of drug-likeness (QED) is 0.611. The van der Waals surface area contributed by atoms with Gasteiger partial charge in [-0.15, -0.1) is 0 Å². The van der Waals surface area contributed by atoms with Crippen molar-refractivity contribution < 1.29 is 31.8 Å². The van der Waals surface area contributed by atoms with Crippen molar-refractivity contribution in [1.29, 1.82) is 0 Å². The van der Waals surface area contributed by atoms with Crippen molar-refractivity contribution in [3.63, 3.8) is 0 Å². The Kier molecular flexibility index (Phi) is 10.3. The normalized spacial score (nSPS) is 15.4. The van der Waals surface area contributed by atoms with Crippen molar-refractivity contribution >= 4 is 11.9 Å². The van der Waals surface area contributed by atoms with Gasteiger partial charge in [-0.1, -0.05) is 34.1 Å². The molecule has 0 aliphatic heterocycles. The molecule has 0 fully saturated rings. The predicted molar refractivity (Wildman–Crippen MR) is 66.5 cm³/mol. The van der Waals surface area contributed by atoms with Gasteiger partial charge in [0.1, 0.15) is 6.04 Å². The number of carboxylic acid groups (broad SMARTS) is 1. The van der Waals surface area contributed by atoms with Gasteiger partial charge in [0.05, 0.1) is 6.04 Å². The zero-order valence-corrected chi connectivity index (χ0v) is 12.5. The Morgan fingerprint density at radius 3 is 2.11 bits per heavy atom. The molecule has 3 unspecified atom stereocenters. The van der Waals surface area contributed by atoms with E-state index in [9.17, 15) is 9.59 Å². The van der Waals surface area contributed by atoms with Crippen LogP contribution in [0, 0.1) is 11.8 Å². The van der Waals surface area contributed by atoms with Crippen LogP contribution in [-0.2, 0) is 26.7 Å². The molecule has 1 amide bonds. The fourth-order valence-corrected chi connectivity index (χ4v) is 1.47. The number of amides is 1. The van der Waals surface area contributed by atoms with E-state index < -0.39 is 18.1 Å². The van der Waals surface area contributed by atoms with Gasteiger partial charge in [0, 0.05) is 17.1 Å². The number of carbonyl (C=O) groups is 2. The molecule has 0 aromatic carbocycles. The predicted octanol–water partition coefficient (Wildman–Crippen LogP) is 0.973. The van der Waals surface area contributed by atoms with Crippen molar-refractivity contribution in [1.82, 2.24) is 5.32 Å². The molecule has 5 nitrogen and oxygen atoms in total. The summed E-state index contributed by atoms with van der Waals surface area (Å²) < 4.78 is 0. The third-order valence-electron chi connectivity index (χ3n) is 2.88. The molecule has 0 radical (unpaired) electrons. The molecule has 0 rings (SSSR count). The molecule has 6 heteroatoms. The molecule has 0 spiro atoms. The minimum atomic E-state index is -1.01. The minimum Gasteiger partial charge on any atom is -0.480 e. The monoisotopic (exact) mass is 300 g/mol. The van der Waals surface area contributed by atoms with E-state index in [4.69, 9.17) is 10.8 Å². The number of carboxylic acids is 1. The van der Waals surface area contributed by atoms with Gasteiger partial charge in [-0.25, -0.2) is 4.79 Å². The summed E-state index contributed by atoms with van der Waals surface area (Å²) in [6.07, 6.45) is 1.20. The van der Waals surface area contributed by atoms with Crippen molar-refractivity contribution in [2.45, 2.75) is 52.6 Å². The molecule has 0 saturated carbocycles. The Labute approximate surface area is 119 Å². The van der Waals surface area contributed by atoms with Crippen LogP contribution in [0.3, 0.4) is 0 Å². The molecule has 0 aromatic rings. The molecule has 0 aromatic heterocycles. The summed E-state index contributed by atoms with van der Waals surface area (Å²) in [5.41, 5.74) is 5.75. The van der Waals surface area contributed by atoms with Crippen LogP contribution in [0.4, 0.5) is 0 Å². The Morgan fingerprint density at radius 1 is 1.28 bits per heavy atom. The summed E-state index contributed by atoms with van der Waals surface area (Å²) in [4.78, 5) is 22.7. The molecule has 0 aliphatic rings. The molecular formula is C12H24FeN2O3. The van der Waals surface area contributed by atoms with Gasteiger partial charge >= 0.3 is 5.97 Å². The van der Waals surface area contributed by atoms with Gasteiger partial charge in [-0.3, -0.25) is 4.79 Å². The standard InChI is InChI=1S/C12H24N2O3.Fe/c1-5-8(4)10(13)11(15)14-9(12(16)17)6-7(2)3;/h7-10H,5-6,13H2,1-4H3,(H,14,15)(H,16,17);. The number of aliphatic carboxylic acids is 1. The second kappa shape index (κ2) is 9.36. The molecule has 0 aliphatic carbocycles. The SMILES string of the molecule is CCC(C)C(N)C(=O)NC(CC(C)C)C(=O)O.[Fe]. The minimum absolute atomic E-state index is 0. The van der Waals surface area contributed by atoms with Crippen LogP contribution in [0.25, 0.3) is 0 Å². The summed E-state index contributed by atoms with van der Waals surface area (Å²) in [7, 11) is 0. The summed E-state index contributed by atoms with van der Waals surface area (Å²) in [5, 5.41) is 11.5. The van der Waals surface area contributed by atoms with Crippen LogP contribution in [0.2, 0.25) is 0 Å². The van der Waals surface area contributed by atoms with Crippen LogP contribution in [0.5, 0.6) is 0 Å². The van der Waals surface area contributed by atoms with E-state index in [0.717, 1.165) is 6.42 Å². The van der Waals surface area contributed by atoms with Gasteiger partial charge < -0.3 is 16.2 Å². The van der Waals surface area contributed by atoms with Crippen LogP contribution in [0.15, 0.2) is 0 Å². The van der Waals surface area contributed by atoms with Crippen molar-refractivity contribution in [3.05, 3.63) is 0 Å². The van der Waals surface area contributed by atoms with Crippen LogP contribution < -0.4 is 11.1 Å². The summed E-state index contributed by atoms with van der Waals surface area (Å²) in [5.74, 6) is -1.14. The number of nitrogens with two attached hydrogens (primary N) is 1. The van der Waals surface area contributed by atoms with Gasteiger partial charge in [-0.2, -0.15) is 0 Å². The molecule has 108 valence electrons. The number of rotatable bonds is 7. The number of nitrogens with one attached hydrogen (secondary N) is 1. The maximum absolute atomic E-state index is 11.7. The number of hydrogen-bond acceptors (Lipinski definition) is 3. The molecule has 4 N–H and O–H groups in total. The first-order valence-electron chi connectivity index (χ1n) is 6.08. The molecule has 3 atom stereocenters. The Hall–Kier alpha value is -0.581. The first-order chi connectivity index (χ1) is 7.79. The molecule has 0 heterocycles. The van der Waals surface area contributed by atoms with Gasteiger partial charge in [0.15, 0.2) is 0 Å². The third-order valence-corrected chi connectivity index (χ3v) is 2.88. The summed E-state index contributed by atoms with van der Waals surface area (Å²) in [6.45, 7) is 7.65.